The van der Waals surface area contributed by atoms with E-state index in [0.29, 0.717) is 41.5 Å². The summed E-state index contributed by atoms with van der Waals surface area (Å²) < 4.78 is 18.7. The molecule has 0 radical (unpaired) electrons. The molecule has 12 heteroatoms. The number of rotatable bonds is 10. The van der Waals surface area contributed by atoms with Crippen molar-refractivity contribution >= 4 is 28.6 Å². The van der Waals surface area contributed by atoms with Crippen LogP contribution in [0.1, 0.15) is 52.9 Å². The van der Waals surface area contributed by atoms with Gasteiger partial charge in [-0.25, -0.2) is 14.8 Å². The number of halogens is 1. The van der Waals surface area contributed by atoms with Crippen LogP contribution >= 0.6 is 11.6 Å². The Morgan fingerprint density at radius 2 is 1.95 bits per heavy atom. The van der Waals surface area contributed by atoms with Gasteiger partial charge in [-0.2, -0.15) is 0 Å². The fraction of sp³-hybridized carbons (Fsp3) is 0.581. The van der Waals surface area contributed by atoms with Crippen LogP contribution in [-0.2, 0) is 16.0 Å². The zero-order chi connectivity index (χ0) is 30.1. The predicted octanol–water partition coefficient (Wildman–Crippen LogP) is 5.58. The van der Waals surface area contributed by atoms with Crippen LogP contribution in [0.25, 0.3) is 33.8 Å². The summed E-state index contributed by atoms with van der Waals surface area (Å²) in [5, 5.41) is 4.42. The molecular weight excluding hydrogens is 570 g/mol. The van der Waals surface area contributed by atoms with Crippen LogP contribution < -0.4 is 10.7 Å². The number of aromatic nitrogens is 6. The summed E-state index contributed by atoms with van der Waals surface area (Å²) in [6, 6.07) is 3.99. The maximum atomic E-state index is 11.8. The Hall–Kier alpha value is -3.28. The van der Waals surface area contributed by atoms with E-state index in [-0.39, 0.29) is 18.0 Å². The Balaban J connectivity index is 1.53. The molecule has 1 saturated heterocycles. The van der Waals surface area contributed by atoms with Crippen LogP contribution in [0.15, 0.2) is 33.8 Å². The molecule has 1 aliphatic carbocycles. The molecule has 6 rings (SSSR count). The van der Waals surface area contributed by atoms with Gasteiger partial charge in [0.2, 0.25) is 11.8 Å². The second kappa shape index (κ2) is 12.8. The van der Waals surface area contributed by atoms with Gasteiger partial charge >= 0.3 is 5.76 Å². The molecule has 0 spiro atoms. The summed E-state index contributed by atoms with van der Waals surface area (Å²) in [4.78, 5) is 31.6. The number of fused-ring (bicyclic) bond motifs is 1. The van der Waals surface area contributed by atoms with E-state index in [2.05, 4.69) is 45.4 Å². The van der Waals surface area contributed by atoms with Gasteiger partial charge in [0.05, 0.1) is 41.1 Å². The van der Waals surface area contributed by atoms with E-state index < -0.39 is 5.76 Å². The summed E-state index contributed by atoms with van der Waals surface area (Å²) in [5.41, 5.74) is 3.58. The van der Waals surface area contributed by atoms with Crippen molar-refractivity contribution in [3.05, 3.63) is 40.1 Å². The standard InChI is InChI=1S/C31H40ClN7O4/c1-18(2)26-12-23(42-10-9-41-4)17-38(26)30-35-24-13-25(29-36-31(40)43-37-29)34-27(21-11-22(32)15-33-14-21)28(24)39(30)16-20-7-5-19(3)6-8-20/h11,13-15,18-20,23,26H,5-10,12,16-17H2,1-4H3,(H,36,37,40)/t19?,20?,23-,26+/m0/s1. The van der Waals surface area contributed by atoms with E-state index in [1.54, 1.807) is 19.5 Å². The first-order valence-corrected chi connectivity index (χ1v) is 15.6. The van der Waals surface area contributed by atoms with Gasteiger partial charge < -0.3 is 18.9 Å². The van der Waals surface area contributed by atoms with E-state index in [1.165, 1.54) is 25.7 Å². The zero-order valence-corrected chi connectivity index (χ0v) is 26.0. The van der Waals surface area contributed by atoms with Gasteiger partial charge in [0, 0.05) is 44.2 Å². The van der Waals surface area contributed by atoms with Crippen molar-refractivity contribution in [2.24, 2.45) is 17.8 Å². The largest absolute Gasteiger partial charge is 0.439 e. The van der Waals surface area contributed by atoms with Crippen molar-refractivity contribution in [3.8, 4) is 22.8 Å². The van der Waals surface area contributed by atoms with Gasteiger partial charge in [-0.15, -0.1) is 0 Å². The fourth-order valence-electron chi connectivity index (χ4n) is 6.62. The predicted molar refractivity (Wildman–Crippen MR) is 165 cm³/mol. The summed E-state index contributed by atoms with van der Waals surface area (Å²) in [7, 11) is 1.69. The van der Waals surface area contributed by atoms with E-state index in [1.807, 2.05) is 12.1 Å². The minimum Gasteiger partial charge on any atom is -0.382 e. The maximum absolute atomic E-state index is 11.8. The highest BCUT2D eigenvalue weighted by Crippen LogP contribution is 2.39. The molecule has 5 heterocycles. The number of pyridine rings is 2. The number of H-pyrrole nitrogens is 1. The van der Waals surface area contributed by atoms with Crippen LogP contribution in [0, 0.1) is 17.8 Å². The van der Waals surface area contributed by atoms with Gasteiger partial charge in [0.1, 0.15) is 5.69 Å². The third-order valence-electron chi connectivity index (χ3n) is 8.91. The number of aromatic amines is 1. The molecule has 2 aliphatic rings. The Kier molecular flexibility index (Phi) is 8.83. The fourth-order valence-corrected chi connectivity index (χ4v) is 6.79. The third-order valence-corrected chi connectivity index (χ3v) is 9.12. The van der Waals surface area contributed by atoms with Crippen molar-refractivity contribution in [2.75, 3.05) is 31.8 Å². The molecule has 2 fully saturated rings. The number of hydrogen-bond donors (Lipinski definition) is 1. The molecule has 0 aromatic carbocycles. The highest BCUT2D eigenvalue weighted by molar-refractivity contribution is 6.30. The quantitative estimate of drug-likeness (QED) is 0.229. The molecule has 230 valence electrons. The molecule has 11 nitrogen and oxygen atoms in total. The number of anilines is 1. The van der Waals surface area contributed by atoms with E-state index in [9.17, 15) is 4.79 Å². The molecule has 1 N–H and O–H groups in total. The number of hydrogen-bond acceptors (Lipinski definition) is 9. The number of nitrogens with zero attached hydrogens (tertiary/aromatic N) is 6. The van der Waals surface area contributed by atoms with Crippen LogP contribution in [-0.4, -0.2) is 68.7 Å². The number of imidazole rings is 1. The van der Waals surface area contributed by atoms with Crippen LogP contribution in [0.2, 0.25) is 5.02 Å². The maximum Gasteiger partial charge on any atom is 0.439 e. The lowest BCUT2D eigenvalue weighted by Gasteiger charge is -2.31. The number of ether oxygens (including phenoxy) is 2. The first-order chi connectivity index (χ1) is 20.8. The molecule has 0 amide bonds. The first-order valence-electron chi connectivity index (χ1n) is 15.3. The average molecular weight is 610 g/mol. The van der Waals surface area contributed by atoms with Crippen molar-refractivity contribution < 1.29 is 14.0 Å². The zero-order valence-electron chi connectivity index (χ0n) is 25.3. The normalized spacial score (nSPS) is 22.7. The molecule has 43 heavy (non-hydrogen) atoms. The lowest BCUT2D eigenvalue weighted by atomic mass is 9.83. The second-order valence-electron chi connectivity index (χ2n) is 12.4. The summed E-state index contributed by atoms with van der Waals surface area (Å²) in [6.07, 6.45) is 9.17. The monoisotopic (exact) mass is 609 g/mol. The first kappa shape index (κ1) is 29.8. The van der Waals surface area contributed by atoms with Gasteiger partial charge in [0.15, 0.2) is 0 Å². The SMILES string of the molecule is COCCO[C@H]1C[C@H](C(C)C)N(c2nc3cc(-c4noc(=O)[nH]4)nc(-c4cncc(Cl)c4)c3n2CC2CCC(C)CC2)C1. The van der Waals surface area contributed by atoms with Crippen LogP contribution in [0.5, 0.6) is 0 Å². The molecule has 1 saturated carbocycles. The van der Waals surface area contributed by atoms with Gasteiger partial charge in [-0.05, 0) is 49.1 Å². The minimum atomic E-state index is -0.642. The molecule has 1 aliphatic heterocycles. The highest BCUT2D eigenvalue weighted by Gasteiger charge is 2.38. The third kappa shape index (κ3) is 6.34. The Morgan fingerprint density at radius 1 is 1.14 bits per heavy atom. The molecule has 4 aromatic heterocycles. The Labute approximate surface area is 255 Å². The Morgan fingerprint density at radius 3 is 2.65 bits per heavy atom. The van der Waals surface area contributed by atoms with Gasteiger partial charge in [-0.3, -0.25) is 14.5 Å². The van der Waals surface area contributed by atoms with Gasteiger partial charge in [-0.1, -0.05) is 50.4 Å². The van der Waals surface area contributed by atoms with Crippen molar-refractivity contribution in [1.82, 2.24) is 29.7 Å². The topological polar surface area (TPSA) is 124 Å². The molecule has 0 unspecified atom stereocenters. The van der Waals surface area contributed by atoms with Gasteiger partial charge in [0.25, 0.3) is 0 Å². The van der Waals surface area contributed by atoms with Crippen LogP contribution in [0.3, 0.4) is 0 Å². The summed E-state index contributed by atoms with van der Waals surface area (Å²) in [5.74, 6) is 2.19. The Bertz CT molecular complexity index is 1610. The molecule has 0 bridgehead atoms. The lowest BCUT2D eigenvalue weighted by Crippen LogP contribution is -2.36. The molecule has 4 aromatic rings. The minimum absolute atomic E-state index is 0.0804. The molecule has 2 atom stereocenters. The average Bonchev–Trinajstić information content (AvgIpc) is 3.71. The van der Waals surface area contributed by atoms with Crippen molar-refractivity contribution in [1.29, 1.82) is 0 Å². The van der Waals surface area contributed by atoms with Crippen LogP contribution in [0.4, 0.5) is 5.95 Å². The smallest absolute Gasteiger partial charge is 0.382 e. The highest BCUT2D eigenvalue weighted by atomic mass is 35.5. The van der Waals surface area contributed by atoms with E-state index in [4.69, 9.17) is 35.6 Å². The second-order valence-corrected chi connectivity index (χ2v) is 12.8. The van der Waals surface area contributed by atoms with E-state index in [0.717, 1.165) is 48.0 Å². The van der Waals surface area contributed by atoms with E-state index >= 15 is 0 Å². The number of methoxy groups -OCH3 is 1. The summed E-state index contributed by atoms with van der Waals surface area (Å²) in [6.45, 7) is 9.56. The van der Waals surface area contributed by atoms with Crippen molar-refractivity contribution in [2.45, 2.75) is 71.6 Å². The molecular formula is C31H40ClN7O4. The lowest BCUT2D eigenvalue weighted by molar-refractivity contribution is 0.0259. The number of nitrogens with one attached hydrogen (secondary N) is 1. The summed E-state index contributed by atoms with van der Waals surface area (Å²) >= 11 is 6.43. The van der Waals surface area contributed by atoms with Crippen molar-refractivity contribution in [3.63, 3.8) is 0 Å².